The van der Waals surface area contributed by atoms with E-state index in [9.17, 15) is 0 Å². The van der Waals surface area contributed by atoms with Crippen molar-refractivity contribution in [2.45, 2.75) is 167 Å². The van der Waals surface area contributed by atoms with Gasteiger partial charge in [-0.3, -0.25) is 0 Å². The Morgan fingerprint density at radius 3 is 0.636 bits per heavy atom. The van der Waals surface area contributed by atoms with Gasteiger partial charge >= 0.3 is 0 Å². The van der Waals surface area contributed by atoms with Crippen molar-refractivity contribution in [3.05, 3.63) is 0 Å². The molecular formula is C30H63NO2. The number of nitrogens with one attached hydrogen (secondary N) is 1. The SMILES string of the molecule is OCCCCCCCCCCCCCCCCCCNCCCCCCCCCCCCO. The summed E-state index contributed by atoms with van der Waals surface area (Å²) in [6, 6.07) is 0. The number of aliphatic hydroxyl groups is 2. The molecule has 0 saturated heterocycles. The van der Waals surface area contributed by atoms with E-state index in [2.05, 4.69) is 5.32 Å². The van der Waals surface area contributed by atoms with Crippen molar-refractivity contribution < 1.29 is 10.2 Å². The minimum absolute atomic E-state index is 0.365. The third-order valence-corrected chi connectivity index (χ3v) is 7.02. The summed E-state index contributed by atoms with van der Waals surface area (Å²) in [6.07, 6.45) is 35.2. The second-order valence-corrected chi connectivity index (χ2v) is 10.4. The Bertz CT molecular complexity index is 294. The number of hydrogen-bond acceptors (Lipinski definition) is 3. The van der Waals surface area contributed by atoms with E-state index in [0.717, 1.165) is 12.8 Å². The van der Waals surface area contributed by atoms with Gasteiger partial charge in [0.25, 0.3) is 0 Å². The second-order valence-electron chi connectivity index (χ2n) is 10.4. The highest BCUT2D eigenvalue weighted by Crippen LogP contribution is 2.14. The van der Waals surface area contributed by atoms with Gasteiger partial charge in [0.1, 0.15) is 0 Å². The molecular weight excluding hydrogens is 406 g/mol. The minimum atomic E-state index is 0.365. The average molecular weight is 470 g/mol. The lowest BCUT2D eigenvalue weighted by atomic mass is 10.0. The van der Waals surface area contributed by atoms with Crippen molar-refractivity contribution in [3.8, 4) is 0 Å². The Morgan fingerprint density at radius 2 is 0.424 bits per heavy atom. The number of rotatable bonds is 30. The van der Waals surface area contributed by atoms with Gasteiger partial charge < -0.3 is 15.5 Å². The summed E-state index contributed by atoms with van der Waals surface area (Å²) < 4.78 is 0. The van der Waals surface area contributed by atoms with Crippen LogP contribution in [0.2, 0.25) is 0 Å². The second kappa shape index (κ2) is 31.9. The molecule has 0 atom stereocenters. The van der Waals surface area contributed by atoms with Gasteiger partial charge in [-0.05, 0) is 38.8 Å². The van der Waals surface area contributed by atoms with E-state index in [-0.39, 0.29) is 0 Å². The van der Waals surface area contributed by atoms with Crippen LogP contribution in [-0.4, -0.2) is 36.5 Å². The largest absolute Gasteiger partial charge is 0.396 e. The van der Waals surface area contributed by atoms with Gasteiger partial charge in [0.15, 0.2) is 0 Å². The van der Waals surface area contributed by atoms with Crippen LogP contribution in [0.3, 0.4) is 0 Å². The predicted molar refractivity (Wildman–Crippen MR) is 147 cm³/mol. The van der Waals surface area contributed by atoms with Gasteiger partial charge in [-0.15, -0.1) is 0 Å². The van der Waals surface area contributed by atoms with E-state index < -0.39 is 0 Å². The Balaban J connectivity index is 2.99. The van der Waals surface area contributed by atoms with Crippen molar-refractivity contribution in [1.82, 2.24) is 5.32 Å². The zero-order valence-electron chi connectivity index (χ0n) is 22.6. The summed E-state index contributed by atoms with van der Waals surface area (Å²) in [6.45, 7) is 3.16. The summed E-state index contributed by atoms with van der Waals surface area (Å²) in [5.41, 5.74) is 0. The maximum Gasteiger partial charge on any atom is 0.0431 e. The van der Waals surface area contributed by atoms with Crippen molar-refractivity contribution in [2.75, 3.05) is 26.3 Å². The van der Waals surface area contributed by atoms with E-state index in [0.29, 0.717) is 13.2 Å². The van der Waals surface area contributed by atoms with Crippen molar-refractivity contribution in [1.29, 1.82) is 0 Å². The zero-order chi connectivity index (χ0) is 23.9. The minimum Gasteiger partial charge on any atom is -0.396 e. The molecule has 0 aliphatic carbocycles. The molecule has 3 heteroatoms. The molecule has 0 aliphatic rings. The first-order chi connectivity index (χ1) is 16.4. The zero-order valence-corrected chi connectivity index (χ0v) is 22.6. The quantitative estimate of drug-likeness (QED) is 0.0922. The summed E-state index contributed by atoms with van der Waals surface area (Å²) >= 11 is 0. The molecule has 0 radical (unpaired) electrons. The molecule has 3 N–H and O–H groups in total. The molecule has 200 valence electrons. The van der Waals surface area contributed by atoms with Gasteiger partial charge in [0.05, 0.1) is 0 Å². The lowest BCUT2D eigenvalue weighted by Gasteiger charge is -2.06. The van der Waals surface area contributed by atoms with E-state index >= 15 is 0 Å². The van der Waals surface area contributed by atoms with Gasteiger partial charge in [-0.2, -0.15) is 0 Å². The van der Waals surface area contributed by atoms with Gasteiger partial charge in [-0.25, -0.2) is 0 Å². The Labute approximate surface area is 208 Å². The molecule has 33 heavy (non-hydrogen) atoms. The summed E-state index contributed by atoms with van der Waals surface area (Å²) in [5, 5.41) is 21.2. The molecule has 0 amide bonds. The molecule has 0 aromatic carbocycles. The van der Waals surface area contributed by atoms with Gasteiger partial charge in [0.2, 0.25) is 0 Å². The normalized spacial score (nSPS) is 11.5. The fourth-order valence-electron chi connectivity index (χ4n) is 4.74. The van der Waals surface area contributed by atoms with E-state index in [1.807, 2.05) is 0 Å². The molecule has 0 aromatic rings. The lowest BCUT2D eigenvalue weighted by molar-refractivity contribution is 0.282. The third kappa shape index (κ3) is 31.9. The summed E-state index contributed by atoms with van der Waals surface area (Å²) in [5.74, 6) is 0. The van der Waals surface area contributed by atoms with Gasteiger partial charge in [0, 0.05) is 13.2 Å². The molecule has 0 aliphatic heterocycles. The van der Waals surface area contributed by atoms with E-state index in [1.54, 1.807) is 0 Å². The van der Waals surface area contributed by atoms with Crippen LogP contribution in [0.15, 0.2) is 0 Å². The monoisotopic (exact) mass is 469 g/mol. The van der Waals surface area contributed by atoms with Crippen LogP contribution in [0.1, 0.15) is 167 Å². The first-order valence-electron chi connectivity index (χ1n) is 15.3. The lowest BCUT2D eigenvalue weighted by Crippen LogP contribution is -2.16. The van der Waals surface area contributed by atoms with Crippen LogP contribution in [0.4, 0.5) is 0 Å². The maximum absolute atomic E-state index is 8.76. The standard InChI is InChI=1S/C30H63NO2/c32-29-25-21-17-13-9-6-4-2-1-3-5-7-11-15-19-23-27-31-28-24-20-16-12-8-10-14-18-22-26-30-33/h31-33H,1-30H2. The molecule has 0 unspecified atom stereocenters. The summed E-state index contributed by atoms with van der Waals surface area (Å²) in [4.78, 5) is 0. The Hall–Kier alpha value is -0.120. The molecule has 0 aromatic heterocycles. The molecule has 0 fully saturated rings. The molecule has 0 heterocycles. The predicted octanol–water partition coefficient (Wildman–Crippen LogP) is 8.70. The van der Waals surface area contributed by atoms with Crippen LogP contribution >= 0.6 is 0 Å². The highest BCUT2D eigenvalue weighted by Gasteiger charge is 1.96. The maximum atomic E-state index is 8.76. The Morgan fingerprint density at radius 1 is 0.242 bits per heavy atom. The molecule has 0 bridgehead atoms. The molecule has 0 spiro atoms. The topological polar surface area (TPSA) is 52.5 Å². The first-order valence-corrected chi connectivity index (χ1v) is 15.3. The van der Waals surface area contributed by atoms with Crippen LogP contribution < -0.4 is 5.32 Å². The first kappa shape index (κ1) is 32.9. The van der Waals surface area contributed by atoms with Gasteiger partial charge in [-0.1, -0.05) is 141 Å². The number of hydrogen-bond donors (Lipinski definition) is 3. The fraction of sp³-hybridized carbons (Fsp3) is 1.00. The van der Waals surface area contributed by atoms with Crippen molar-refractivity contribution in [2.24, 2.45) is 0 Å². The van der Waals surface area contributed by atoms with Crippen molar-refractivity contribution in [3.63, 3.8) is 0 Å². The van der Waals surface area contributed by atoms with Crippen LogP contribution in [0.5, 0.6) is 0 Å². The highest BCUT2D eigenvalue weighted by molar-refractivity contribution is 4.53. The molecule has 0 saturated carbocycles. The third-order valence-electron chi connectivity index (χ3n) is 7.02. The van der Waals surface area contributed by atoms with Crippen LogP contribution in [0, 0.1) is 0 Å². The fourth-order valence-corrected chi connectivity index (χ4v) is 4.74. The van der Waals surface area contributed by atoms with Crippen LogP contribution in [-0.2, 0) is 0 Å². The smallest absolute Gasteiger partial charge is 0.0431 e. The average Bonchev–Trinajstić information content (AvgIpc) is 2.83. The molecule has 3 nitrogen and oxygen atoms in total. The van der Waals surface area contributed by atoms with E-state index in [1.165, 1.54) is 167 Å². The molecule has 0 rings (SSSR count). The Kier molecular flexibility index (Phi) is 31.8. The van der Waals surface area contributed by atoms with E-state index in [4.69, 9.17) is 10.2 Å². The summed E-state index contributed by atoms with van der Waals surface area (Å²) in [7, 11) is 0. The van der Waals surface area contributed by atoms with Crippen molar-refractivity contribution >= 4 is 0 Å². The highest BCUT2D eigenvalue weighted by atomic mass is 16.3. The van der Waals surface area contributed by atoms with Crippen LogP contribution in [0.25, 0.3) is 0 Å². The number of unbranched alkanes of at least 4 members (excludes halogenated alkanes) is 24. The number of aliphatic hydroxyl groups excluding tert-OH is 2.